The maximum absolute atomic E-state index is 13.5. The largest absolute Gasteiger partial charge is 0.494 e. The Hall–Kier alpha value is -3.33. The zero-order chi connectivity index (χ0) is 24.5. The fraction of sp³-hybridized carbons (Fsp3) is 0.320. The first kappa shape index (κ1) is 23.8. The first-order chi connectivity index (χ1) is 16.2. The second-order valence-electron chi connectivity index (χ2n) is 9.12. The Morgan fingerprint density at radius 2 is 1.88 bits per heavy atom. The molecule has 0 spiro atoms. The summed E-state index contributed by atoms with van der Waals surface area (Å²) in [6.45, 7) is 6.95. The van der Waals surface area contributed by atoms with E-state index in [1.807, 2.05) is 54.6 Å². The molecule has 34 heavy (non-hydrogen) atoms. The van der Waals surface area contributed by atoms with Crippen molar-refractivity contribution in [3.63, 3.8) is 0 Å². The third-order valence-corrected chi connectivity index (χ3v) is 6.21. The number of amides is 3. The summed E-state index contributed by atoms with van der Waals surface area (Å²) in [5.41, 5.74) is 2.02. The molecule has 1 saturated heterocycles. The number of hydrogen-bond acceptors (Lipinski definition) is 4. The average molecular weight is 526 g/mol. The topological polar surface area (TPSA) is 88.5 Å². The maximum atomic E-state index is 13.5. The number of aromatic nitrogens is 2. The lowest BCUT2D eigenvalue weighted by atomic mass is 9.92. The minimum Gasteiger partial charge on any atom is -0.494 e. The molecule has 0 saturated carbocycles. The van der Waals surface area contributed by atoms with Gasteiger partial charge in [-0.15, -0.1) is 0 Å². The summed E-state index contributed by atoms with van der Waals surface area (Å²) in [4.78, 5) is 27.8. The van der Waals surface area contributed by atoms with Crippen LogP contribution in [-0.4, -0.2) is 46.8 Å². The van der Waals surface area contributed by atoms with Crippen LogP contribution >= 0.6 is 15.9 Å². The van der Waals surface area contributed by atoms with Crippen molar-refractivity contribution < 1.29 is 14.3 Å². The minimum atomic E-state index is -0.730. The Bertz CT molecular complexity index is 1200. The van der Waals surface area contributed by atoms with Crippen LogP contribution in [0.4, 0.5) is 10.6 Å². The highest BCUT2D eigenvalue weighted by atomic mass is 79.9. The average Bonchev–Trinajstić information content (AvgIpc) is 3.23. The predicted octanol–water partition coefficient (Wildman–Crippen LogP) is 4.65. The molecule has 1 aliphatic heterocycles. The summed E-state index contributed by atoms with van der Waals surface area (Å²) in [5.74, 6) is 0.920. The van der Waals surface area contributed by atoms with Crippen LogP contribution in [0.25, 0.3) is 5.69 Å². The fourth-order valence-electron chi connectivity index (χ4n) is 3.87. The van der Waals surface area contributed by atoms with Gasteiger partial charge < -0.3 is 15.0 Å². The van der Waals surface area contributed by atoms with Crippen LogP contribution in [-0.2, 0) is 10.2 Å². The van der Waals surface area contributed by atoms with Gasteiger partial charge in [0.25, 0.3) is 0 Å². The number of halogens is 1. The quantitative estimate of drug-likeness (QED) is 0.519. The van der Waals surface area contributed by atoms with Crippen LogP contribution < -0.4 is 15.4 Å². The highest BCUT2D eigenvalue weighted by Crippen LogP contribution is 2.31. The van der Waals surface area contributed by atoms with Crippen molar-refractivity contribution in [3.8, 4) is 11.4 Å². The van der Waals surface area contributed by atoms with Crippen LogP contribution in [0.3, 0.4) is 0 Å². The molecule has 178 valence electrons. The Kier molecular flexibility index (Phi) is 6.65. The van der Waals surface area contributed by atoms with Gasteiger partial charge in [0.1, 0.15) is 23.3 Å². The van der Waals surface area contributed by atoms with Gasteiger partial charge in [0.2, 0.25) is 5.91 Å². The lowest BCUT2D eigenvalue weighted by molar-refractivity contribution is -0.127. The molecule has 2 heterocycles. The van der Waals surface area contributed by atoms with Crippen LogP contribution in [0.5, 0.6) is 5.75 Å². The van der Waals surface area contributed by atoms with Crippen molar-refractivity contribution >= 4 is 33.7 Å². The van der Waals surface area contributed by atoms with Crippen molar-refractivity contribution in [2.24, 2.45) is 0 Å². The van der Waals surface area contributed by atoms with E-state index < -0.39 is 6.04 Å². The summed E-state index contributed by atoms with van der Waals surface area (Å²) in [7, 11) is 1.60. The summed E-state index contributed by atoms with van der Waals surface area (Å²) < 4.78 is 8.11. The molecule has 4 rings (SSSR count). The van der Waals surface area contributed by atoms with E-state index in [9.17, 15) is 9.59 Å². The highest BCUT2D eigenvalue weighted by Gasteiger charge is 2.35. The molecular formula is C25H28BrN5O3. The van der Waals surface area contributed by atoms with Crippen LogP contribution in [0.2, 0.25) is 0 Å². The van der Waals surface area contributed by atoms with E-state index in [1.54, 1.807) is 16.7 Å². The number of rotatable bonds is 4. The lowest BCUT2D eigenvalue weighted by Crippen LogP contribution is -2.53. The molecule has 1 unspecified atom stereocenters. The third kappa shape index (κ3) is 4.79. The Labute approximate surface area is 207 Å². The number of hydrogen-bond donors (Lipinski definition) is 2. The van der Waals surface area contributed by atoms with Gasteiger partial charge in [0, 0.05) is 29.0 Å². The molecule has 0 radical (unpaired) electrons. The summed E-state index contributed by atoms with van der Waals surface area (Å²) in [5, 5.41) is 10.6. The predicted molar refractivity (Wildman–Crippen MR) is 134 cm³/mol. The monoisotopic (exact) mass is 525 g/mol. The Balaban J connectivity index is 1.71. The number of benzene rings is 2. The number of carbonyl (C=O) groups is 2. The molecule has 2 aromatic carbocycles. The minimum absolute atomic E-state index is 0.211. The molecule has 3 amide bonds. The number of carbonyl (C=O) groups excluding carboxylic acids is 2. The molecule has 2 N–H and O–H groups in total. The van der Waals surface area contributed by atoms with Crippen molar-refractivity contribution in [2.45, 2.75) is 32.2 Å². The van der Waals surface area contributed by atoms with Gasteiger partial charge in [-0.25, -0.2) is 9.48 Å². The maximum Gasteiger partial charge on any atom is 0.324 e. The van der Waals surface area contributed by atoms with E-state index >= 15 is 0 Å². The number of methoxy groups -OCH3 is 1. The van der Waals surface area contributed by atoms with E-state index in [-0.39, 0.29) is 17.4 Å². The number of anilines is 1. The van der Waals surface area contributed by atoms with Crippen molar-refractivity contribution in [3.05, 3.63) is 70.3 Å². The summed E-state index contributed by atoms with van der Waals surface area (Å²) in [6, 6.07) is 15.7. The van der Waals surface area contributed by atoms with Gasteiger partial charge in [-0.3, -0.25) is 10.1 Å². The Morgan fingerprint density at radius 1 is 1.18 bits per heavy atom. The van der Waals surface area contributed by atoms with Gasteiger partial charge in [0.15, 0.2) is 0 Å². The molecule has 8 nitrogen and oxygen atoms in total. The SMILES string of the molecule is COc1ccccc1-n1nc(C(C)(C)C)cc1NC(=O)N1CCNC(=O)C1c1ccc(Br)cc1. The van der Waals surface area contributed by atoms with Gasteiger partial charge in [-0.2, -0.15) is 5.10 Å². The molecule has 1 atom stereocenters. The molecule has 1 fully saturated rings. The van der Waals surface area contributed by atoms with Crippen LogP contribution in [0.15, 0.2) is 59.1 Å². The number of urea groups is 1. The normalized spacial score (nSPS) is 16.2. The van der Waals surface area contributed by atoms with Crippen LogP contribution in [0.1, 0.15) is 38.1 Å². The fourth-order valence-corrected chi connectivity index (χ4v) is 4.13. The van der Waals surface area contributed by atoms with Crippen molar-refractivity contribution in [1.29, 1.82) is 0 Å². The summed E-state index contributed by atoms with van der Waals surface area (Å²) in [6.07, 6.45) is 0. The molecule has 0 aliphatic carbocycles. The number of para-hydroxylation sites is 2. The number of nitrogens with zero attached hydrogens (tertiary/aromatic N) is 3. The zero-order valence-electron chi connectivity index (χ0n) is 19.6. The van der Waals surface area contributed by atoms with E-state index in [4.69, 9.17) is 9.84 Å². The second kappa shape index (κ2) is 9.50. The molecule has 0 bridgehead atoms. The third-order valence-electron chi connectivity index (χ3n) is 5.68. The molecule has 1 aromatic heterocycles. The standard InChI is InChI=1S/C25H28BrN5O3/c1-25(2,3)20-15-21(31(29-20)18-7-5-6-8-19(18)34-4)28-24(33)30-14-13-27-23(32)22(30)16-9-11-17(26)12-10-16/h5-12,15,22H,13-14H2,1-4H3,(H,27,32)(H,28,33). The molecular weight excluding hydrogens is 498 g/mol. The van der Waals surface area contributed by atoms with Gasteiger partial charge in [-0.1, -0.05) is 61.0 Å². The Morgan fingerprint density at radius 3 is 2.56 bits per heavy atom. The van der Waals surface area contributed by atoms with E-state index in [0.29, 0.717) is 30.3 Å². The number of ether oxygens (including phenoxy) is 1. The van der Waals surface area contributed by atoms with E-state index in [0.717, 1.165) is 15.7 Å². The highest BCUT2D eigenvalue weighted by molar-refractivity contribution is 9.10. The number of piperazine rings is 1. The second-order valence-corrected chi connectivity index (χ2v) is 10.0. The zero-order valence-corrected chi connectivity index (χ0v) is 21.2. The van der Waals surface area contributed by atoms with Crippen LogP contribution in [0, 0.1) is 0 Å². The molecule has 9 heteroatoms. The van der Waals surface area contributed by atoms with Crippen molar-refractivity contribution in [2.75, 3.05) is 25.5 Å². The smallest absolute Gasteiger partial charge is 0.324 e. The number of nitrogens with one attached hydrogen (secondary N) is 2. The van der Waals surface area contributed by atoms with Gasteiger partial charge in [-0.05, 0) is 29.8 Å². The van der Waals surface area contributed by atoms with Gasteiger partial charge >= 0.3 is 6.03 Å². The van der Waals surface area contributed by atoms with E-state index in [1.165, 1.54) is 0 Å². The summed E-state index contributed by atoms with van der Waals surface area (Å²) >= 11 is 3.42. The lowest BCUT2D eigenvalue weighted by Gasteiger charge is -2.35. The van der Waals surface area contributed by atoms with E-state index in [2.05, 4.69) is 47.3 Å². The van der Waals surface area contributed by atoms with Crippen molar-refractivity contribution in [1.82, 2.24) is 20.0 Å². The molecule has 3 aromatic rings. The first-order valence-electron chi connectivity index (χ1n) is 11.0. The first-order valence-corrected chi connectivity index (χ1v) is 11.8. The van der Waals surface area contributed by atoms with Gasteiger partial charge in [0.05, 0.1) is 12.8 Å². The molecule has 1 aliphatic rings.